The number of nitrogens with zero attached hydrogens (tertiary/aromatic N) is 1. The van der Waals surface area contributed by atoms with Crippen LogP contribution in [0.5, 0.6) is 0 Å². The second-order valence-electron chi connectivity index (χ2n) is 9.52. The molecule has 2 aliphatic rings. The molecule has 2 aliphatic heterocycles. The van der Waals surface area contributed by atoms with Gasteiger partial charge < -0.3 is 18.9 Å². The maximum absolute atomic E-state index is 12.5. The second-order valence-corrected chi connectivity index (χ2v) is 12.3. The normalized spacial score (nSPS) is 31.1. The van der Waals surface area contributed by atoms with Gasteiger partial charge in [-0.25, -0.2) is 4.79 Å². The van der Waals surface area contributed by atoms with E-state index in [1.165, 1.54) is 10.8 Å². The van der Waals surface area contributed by atoms with E-state index in [9.17, 15) is 14.5 Å². The Hall–Kier alpha value is -0.870. The van der Waals surface area contributed by atoms with E-state index in [0.29, 0.717) is 25.0 Å². The maximum atomic E-state index is 12.5. The van der Waals surface area contributed by atoms with Crippen LogP contribution in [0.4, 0.5) is 0 Å². The van der Waals surface area contributed by atoms with E-state index in [4.69, 9.17) is 30.3 Å². The van der Waals surface area contributed by atoms with E-state index in [1.54, 1.807) is 20.8 Å². The van der Waals surface area contributed by atoms with Gasteiger partial charge in [0.25, 0.3) is 5.56 Å². The van der Waals surface area contributed by atoms with Crippen LogP contribution in [0.1, 0.15) is 59.3 Å². The van der Waals surface area contributed by atoms with Gasteiger partial charge in [-0.3, -0.25) is 18.9 Å². The van der Waals surface area contributed by atoms with Crippen LogP contribution in [-0.2, 0) is 30.3 Å². The zero-order chi connectivity index (χ0) is 22.5. The number of ether oxygens (including phenoxy) is 2. The Morgan fingerprint density at radius 1 is 1.43 bits per heavy atom. The molecular weight excluding hydrogens is 431 g/mol. The molecule has 2 unspecified atom stereocenters. The Morgan fingerprint density at radius 2 is 2.10 bits per heavy atom. The average Bonchev–Trinajstić information content (AvgIpc) is 2.71. The third-order valence-corrected chi connectivity index (χ3v) is 6.83. The molecule has 1 aromatic rings. The van der Waals surface area contributed by atoms with Crippen molar-refractivity contribution in [1.82, 2.24) is 9.55 Å². The lowest BCUT2D eigenvalue weighted by molar-refractivity contribution is -0.133. The monoisotopic (exact) mass is 462 g/mol. The third-order valence-electron chi connectivity index (χ3n) is 5.13. The minimum atomic E-state index is -3.58. The highest BCUT2D eigenvalue weighted by Gasteiger charge is 2.62. The fourth-order valence-electron chi connectivity index (χ4n) is 4.27. The van der Waals surface area contributed by atoms with Gasteiger partial charge >= 0.3 is 12.4 Å². The zero-order valence-corrected chi connectivity index (χ0v) is 19.9. The summed E-state index contributed by atoms with van der Waals surface area (Å²) in [5.74, 6) is 0. The summed E-state index contributed by atoms with van der Waals surface area (Å²) in [4.78, 5) is 37.3. The topological polar surface area (TPSA) is 112 Å². The van der Waals surface area contributed by atoms with Crippen molar-refractivity contribution in [2.45, 2.75) is 84.5 Å². The standard InChI is InChI=1S/C19H31N2O7PS/c1-11(2)27-29(24,30)28-14-13-16(21-9-12(3)15(22)20-17(21)23)26-19(14,7-8-25-13)10-18(4,5)6/h9,11,13-14,16H,7-8,10H2,1-6H3,(H,24,30)(H,20,22,23)/t13-,14?,16+,19+,29?/m0/s1. The Balaban J connectivity index is 2.05. The lowest BCUT2D eigenvalue weighted by Gasteiger charge is -2.42. The van der Waals surface area contributed by atoms with Gasteiger partial charge in [-0.15, -0.1) is 0 Å². The molecule has 0 radical (unpaired) electrons. The Labute approximate surface area is 180 Å². The molecule has 2 bridgehead atoms. The van der Waals surface area contributed by atoms with Crippen molar-refractivity contribution in [3.8, 4) is 0 Å². The molecule has 30 heavy (non-hydrogen) atoms. The van der Waals surface area contributed by atoms with E-state index in [2.05, 4.69) is 25.8 Å². The molecule has 11 heteroatoms. The highest BCUT2D eigenvalue weighted by atomic mass is 32.5. The molecule has 3 rings (SSSR count). The molecule has 1 aromatic heterocycles. The lowest BCUT2D eigenvalue weighted by Crippen LogP contribution is -2.52. The van der Waals surface area contributed by atoms with Crippen LogP contribution in [0.2, 0.25) is 0 Å². The molecule has 0 spiro atoms. The summed E-state index contributed by atoms with van der Waals surface area (Å²) in [6.45, 7) is 8.21. The molecule has 2 fully saturated rings. The van der Waals surface area contributed by atoms with E-state index in [-0.39, 0.29) is 11.5 Å². The highest BCUT2D eigenvalue weighted by Crippen LogP contribution is 2.57. The molecule has 5 atom stereocenters. The van der Waals surface area contributed by atoms with Crippen molar-refractivity contribution >= 4 is 18.5 Å². The summed E-state index contributed by atoms with van der Waals surface area (Å²) in [5, 5.41) is 0. The fourth-order valence-corrected chi connectivity index (χ4v) is 6.25. The molecular formula is C19H31N2O7PS. The molecule has 2 saturated heterocycles. The van der Waals surface area contributed by atoms with Gasteiger partial charge in [-0.1, -0.05) is 20.8 Å². The van der Waals surface area contributed by atoms with E-state index in [1.807, 2.05) is 0 Å². The van der Waals surface area contributed by atoms with Gasteiger partial charge in [0.05, 0.1) is 12.7 Å². The maximum Gasteiger partial charge on any atom is 0.330 e. The average molecular weight is 463 g/mol. The first-order valence-electron chi connectivity index (χ1n) is 10.0. The van der Waals surface area contributed by atoms with Crippen LogP contribution in [0.15, 0.2) is 15.8 Å². The van der Waals surface area contributed by atoms with E-state index >= 15 is 0 Å². The van der Waals surface area contributed by atoms with Crippen molar-refractivity contribution in [2.75, 3.05) is 6.61 Å². The Bertz CT molecular complexity index is 953. The number of aryl methyl sites for hydroxylation is 1. The summed E-state index contributed by atoms with van der Waals surface area (Å²) in [6, 6.07) is 0. The van der Waals surface area contributed by atoms with Crippen molar-refractivity contribution < 1.29 is 23.4 Å². The number of aromatic amines is 1. The van der Waals surface area contributed by atoms with Crippen molar-refractivity contribution in [2.24, 2.45) is 5.41 Å². The molecule has 0 amide bonds. The summed E-state index contributed by atoms with van der Waals surface area (Å²) >= 11 is 5.24. The molecule has 2 N–H and O–H groups in total. The largest absolute Gasteiger partial charge is 0.371 e. The first-order chi connectivity index (χ1) is 13.7. The fraction of sp³-hybridized carbons (Fsp3) is 0.789. The molecule has 0 aliphatic carbocycles. The predicted octanol–water partition coefficient (Wildman–Crippen LogP) is 2.36. The van der Waals surface area contributed by atoms with Crippen LogP contribution in [0.3, 0.4) is 0 Å². The molecule has 0 aromatic carbocycles. The van der Waals surface area contributed by atoms with Crippen LogP contribution in [-0.4, -0.2) is 45.0 Å². The molecule has 170 valence electrons. The SMILES string of the molecule is Cc1cn([C@@H]2O[C@@]3(CC(C)(C)C)CCO[C@H]2C3OP(O)(=S)OC(C)C)c(=O)[nH]c1=O. The smallest absolute Gasteiger partial charge is 0.330 e. The summed E-state index contributed by atoms with van der Waals surface area (Å²) in [6.07, 6.45) is -0.0269. The van der Waals surface area contributed by atoms with Crippen molar-refractivity contribution in [3.63, 3.8) is 0 Å². The lowest BCUT2D eigenvalue weighted by atomic mass is 9.76. The highest BCUT2D eigenvalue weighted by molar-refractivity contribution is 8.07. The Kier molecular flexibility index (Phi) is 6.53. The van der Waals surface area contributed by atoms with Gasteiger partial charge in [-0.05, 0) is 44.4 Å². The van der Waals surface area contributed by atoms with Gasteiger partial charge in [-0.2, -0.15) is 0 Å². The third kappa shape index (κ3) is 4.96. The first kappa shape index (κ1) is 23.8. The number of nitrogens with one attached hydrogen (secondary N) is 1. The van der Waals surface area contributed by atoms with Gasteiger partial charge in [0, 0.05) is 18.2 Å². The zero-order valence-electron chi connectivity index (χ0n) is 18.2. The van der Waals surface area contributed by atoms with Gasteiger partial charge in [0.1, 0.15) is 17.8 Å². The van der Waals surface area contributed by atoms with Crippen LogP contribution in [0, 0.1) is 12.3 Å². The number of rotatable bonds is 6. The summed E-state index contributed by atoms with van der Waals surface area (Å²) in [5.41, 5.74) is -1.65. The molecule has 9 nitrogen and oxygen atoms in total. The Morgan fingerprint density at radius 3 is 2.70 bits per heavy atom. The minimum Gasteiger partial charge on any atom is -0.371 e. The van der Waals surface area contributed by atoms with Crippen molar-refractivity contribution in [3.05, 3.63) is 32.6 Å². The number of fused-ring (bicyclic) bond motifs is 2. The number of hydrogen-bond donors (Lipinski definition) is 2. The quantitative estimate of drug-likeness (QED) is 0.620. The molecule has 0 saturated carbocycles. The number of hydrogen-bond acceptors (Lipinski definition) is 7. The molecule has 3 heterocycles. The summed E-state index contributed by atoms with van der Waals surface area (Å²) < 4.78 is 25.2. The number of aromatic nitrogens is 2. The summed E-state index contributed by atoms with van der Waals surface area (Å²) in [7, 11) is 0. The number of H-pyrrole nitrogens is 1. The van der Waals surface area contributed by atoms with Crippen LogP contribution in [0.25, 0.3) is 0 Å². The van der Waals surface area contributed by atoms with E-state index < -0.39 is 42.0 Å². The van der Waals surface area contributed by atoms with Crippen molar-refractivity contribution in [1.29, 1.82) is 0 Å². The minimum absolute atomic E-state index is 0.138. The second kappa shape index (κ2) is 8.24. The van der Waals surface area contributed by atoms with Crippen LogP contribution >= 0.6 is 6.72 Å². The van der Waals surface area contributed by atoms with E-state index in [0.717, 1.165) is 0 Å². The van der Waals surface area contributed by atoms with Gasteiger partial charge in [0.2, 0.25) is 0 Å². The predicted molar refractivity (Wildman–Crippen MR) is 115 cm³/mol. The van der Waals surface area contributed by atoms with Crippen LogP contribution < -0.4 is 11.2 Å². The first-order valence-corrected chi connectivity index (χ1v) is 12.6. The van der Waals surface area contributed by atoms with Gasteiger partial charge in [0.15, 0.2) is 6.23 Å².